The van der Waals surface area contributed by atoms with Crippen molar-refractivity contribution in [2.75, 3.05) is 0 Å². The highest BCUT2D eigenvalue weighted by Crippen LogP contribution is 2.32. The maximum absolute atomic E-state index is 13.6. The molecule has 94 valence electrons. The van der Waals surface area contributed by atoms with E-state index in [0.29, 0.717) is 27.3 Å². The maximum Gasteiger partial charge on any atom is 0.170 e. The van der Waals surface area contributed by atoms with Crippen molar-refractivity contribution in [1.82, 2.24) is 0 Å². The standard InChI is InChI=1S/C15H8ClFO2/c16-11-5-4-10(8-18)12(7-11)14-6-9-2-1-3-13(17)15(9)19-14/h1-8H. The molecule has 19 heavy (non-hydrogen) atoms. The Morgan fingerprint density at radius 3 is 2.74 bits per heavy atom. The molecule has 0 amide bonds. The van der Waals surface area contributed by atoms with Crippen molar-refractivity contribution in [1.29, 1.82) is 0 Å². The van der Waals surface area contributed by atoms with Crippen LogP contribution in [0.5, 0.6) is 0 Å². The quantitative estimate of drug-likeness (QED) is 0.634. The van der Waals surface area contributed by atoms with Gasteiger partial charge >= 0.3 is 0 Å². The zero-order valence-electron chi connectivity index (χ0n) is 9.69. The van der Waals surface area contributed by atoms with Gasteiger partial charge in [0.25, 0.3) is 0 Å². The number of halogens is 2. The number of furan rings is 1. The number of para-hydroxylation sites is 1. The van der Waals surface area contributed by atoms with Crippen molar-refractivity contribution >= 4 is 28.9 Å². The minimum Gasteiger partial charge on any atom is -0.453 e. The van der Waals surface area contributed by atoms with Crippen LogP contribution >= 0.6 is 11.6 Å². The van der Waals surface area contributed by atoms with E-state index in [0.717, 1.165) is 6.29 Å². The van der Waals surface area contributed by atoms with Crippen molar-refractivity contribution < 1.29 is 13.6 Å². The number of carbonyl (C=O) groups excluding carboxylic acids is 1. The fourth-order valence-corrected chi connectivity index (χ4v) is 2.18. The van der Waals surface area contributed by atoms with E-state index in [-0.39, 0.29) is 5.58 Å². The molecule has 4 heteroatoms. The highest BCUT2D eigenvalue weighted by Gasteiger charge is 2.13. The zero-order valence-corrected chi connectivity index (χ0v) is 10.4. The summed E-state index contributed by atoms with van der Waals surface area (Å²) in [5.41, 5.74) is 1.18. The van der Waals surface area contributed by atoms with Gasteiger partial charge in [0.1, 0.15) is 5.76 Å². The molecular weight excluding hydrogens is 267 g/mol. The third kappa shape index (κ3) is 2.02. The van der Waals surface area contributed by atoms with Gasteiger partial charge in [0.2, 0.25) is 0 Å². The second-order valence-electron chi connectivity index (χ2n) is 4.12. The van der Waals surface area contributed by atoms with Gasteiger partial charge < -0.3 is 4.42 Å². The van der Waals surface area contributed by atoms with Gasteiger partial charge in [-0.15, -0.1) is 0 Å². The maximum atomic E-state index is 13.6. The summed E-state index contributed by atoms with van der Waals surface area (Å²) < 4.78 is 19.1. The van der Waals surface area contributed by atoms with Crippen molar-refractivity contribution in [3.05, 3.63) is 58.9 Å². The molecule has 0 atom stereocenters. The van der Waals surface area contributed by atoms with Gasteiger partial charge in [-0.25, -0.2) is 4.39 Å². The summed E-state index contributed by atoms with van der Waals surface area (Å²) in [5, 5.41) is 1.13. The predicted octanol–water partition coefficient (Wildman–Crippen LogP) is 4.70. The average Bonchev–Trinajstić information content (AvgIpc) is 2.84. The molecular formula is C15H8ClFO2. The molecule has 0 unspecified atom stereocenters. The highest BCUT2D eigenvalue weighted by atomic mass is 35.5. The van der Waals surface area contributed by atoms with E-state index in [1.807, 2.05) is 0 Å². The Labute approximate surface area is 113 Å². The number of fused-ring (bicyclic) bond motifs is 1. The second-order valence-corrected chi connectivity index (χ2v) is 4.55. The minimum absolute atomic E-state index is 0.175. The van der Waals surface area contributed by atoms with E-state index in [9.17, 15) is 9.18 Å². The fourth-order valence-electron chi connectivity index (χ4n) is 2.00. The summed E-state index contributed by atoms with van der Waals surface area (Å²) in [6.45, 7) is 0. The SMILES string of the molecule is O=Cc1ccc(Cl)cc1-c1cc2cccc(F)c2o1. The lowest BCUT2D eigenvalue weighted by Crippen LogP contribution is -1.85. The highest BCUT2D eigenvalue weighted by molar-refractivity contribution is 6.31. The Morgan fingerprint density at radius 2 is 2.00 bits per heavy atom. The van der Waals surface area contributed by atoms with Gasteiger partial charge in [0.15, 0.2) is 17.7 Å². The molecule has 0 saturated heterocycles. The molecule has 0 aliphatic rings. The van der Waals surface area contributed by atoms with Crippen LogP contribution < -0.4 is 0 Å². The summed E-state index contributed by atoms with van der Waals surface area (Å²) in [7, 11) is 0. The van der Waals surface area contributed by atoms with Crippen LogP contribution in [0.4, 0.5) is 4.39 Å². The first-order valence-corrected chi connectivity index (χ1v) is 6.00. The van der Waals surface area contributed by atoms with Crippen molar-refractivity contribution in [3.8, 4) is 11.3 Å². The number of hydrogen-bond acceptors (Lipinski definition) is 2. The summed E-state index contributed by atoms with van der Waals surface area (Å²) in [6, 6.07) is 11.2. The predicted molar refractivity (Wildman–Crippen MR) is 72.0 cm³/mol. The summed E-state index contributed by atoms with van der Waals surface area (Å²) in [4.78, 5) is 11.0. The van der Waals surface area contributed by atoms with Gasteiger partial charge in [-0.1, -0.05) is 23.7 Å². The van der Waals surface area contributed by atoms with E-state index in [4.69, 9.17) is 16.0 Å². The molecule has 0 aliphatic heterocycles. The zero-order chi connectivity index (χ0) is 13.4. The Morgan fingerprint density at radius 1 is 1.16 bits per heavy atom. The fraction of sp³-hybridized carbons (Fsp3) is 0. The Hall–Kier alpha value is -2.13. The lowest BCUT2D eigenvalue weighted by molar-refractivity contribution is 0.112. The van der Waals surface area contributed by atoms with E-state index in [2.05, 4.69) is 0 Å². The molecule has 0 aliphatic carbocycles. The molecule has 0 radical (unpaired) electrons. The summed E-state index contributed by atoms with van der Waals surface area (Å²) in [6.07, 6.45) is 0.717. The van der Waals surface area contributed by atoms with Crippen LogP contribution in [0.15, 0.2) is 46.9 Å². The lowest BCUT2D eigenvalue weighted by Gasteiger charge is -2.01. The van der Waals surface area contributed by atoms with Crippen LogP contribution in [0.25, 0.3) is 22.3 Å². The average molecular weight is 275 g/mol. The van der Waals surface area contributed by atoms with Gasteiger partial charge in [-0.05, 0) is 30.3 Å². The first-order chi connectivity index (χ1) is 9.19. The molecule has 3 aromatic rings. The van der Waals surface area contributed by atoms with Gasteiger partial charge in [-0.3, -0.25) is 4.79 Å². The van der Waals surface area contributed by atoms with E-state index >= 15 is 0 Å². The molecule has 0 N–H and O–H groups in total. The van der Waals surface area contributed by atoms with E-state index in [1.165, 1.54) is 6.07 Å². The number of hydrogen-bond donors (Lipinski definition) is 0. The molecule has 2 nitrogen and oxygen atoms in total. The van der Waals surface area contributed by atoms with Crippen LogP contribution in [-0.4, -0.2) is 6.29 Å². The summed E-state index contributed by atoms with van der Waals surface area (Å²) >= 11 is 5.92. The third-order valence-electron chi connectivity index (χ3n) is 2.90. The van der Waals surface area contributed by atoms with E-state index < -0.39 is 5.82 Å². The molecule has 0 spiro atoms. The van der Waals surface area contributed by atoms with Crippen molar-refractivity contribution in [2.45, 2.75) is 0 Å². The monoisotopic (exact) mass is 274 g/mol. The Balaban J connectivity index is 2.27. The number of rotatable bonds is 2. The second kappa shape index (κ2) is 4.52. The van der Waals surface area contributed by atoms with E-state index in [1.54, 1.807) is 36.4 Å². The van der Waals surface area contributed by atoms with Crippen molar-refractivity contribution in [3.63, 3.8) is 0 Å². The lowest BCUT2D eigenvalue weighted by atomic mass is 10.1. The number of carbonyl (C=O) groups is 1. The Bertz CT molecular complexity index is 777. The van der Waals surface area contributed by atoms with Crippen LogP contribution in [0.3, 0.4) is 0 Å². The number of benzene rings is 2. The third-order valence-corrected chi connectivity index (χ3v) is 3.14. The smallest absolute Gasteiger partial charge is 0.170 e. The van der Waals surface area contributed by atoms with Crippen LogP contribution in [0.1, 0.15) is 10.4 Å². The Kier molecular flexibility index (Phi) is 2.84. The summed E-state index contributed by atoms with van der Waals surface area (Å²) in [5.74, 6) is -0.0110. The molecule has 1 aromatic heterocycles. The van der Waals surface area contributed by atoms with Gasteiger partial charge in [0, 0.05) is 21.5 Å². The minimum atomic E-state index is -0.432. The van der Waals surface area contributed by atoms with Gasteiger partial charge in [-0.2, -0.15) is 0 Å². The molecule has 1 heterocycles. The largest absolute Gasteiger partial charge is 0.453 e. The molecule has 3 rings (SSSR count). The molecule has 2 aromatic carbocycles. The first-order valence-electron chi connectivity index (χ1n) is 5.62. The van der Waals surface area contributed by atoms with Crippen molar-refractivity contribution in [2.24, 2.45) is 0 Å². The van der Waals surface area contributed by atoms with Crippen LogP contribution in [-0.2, 0) is 0 Å². The first kappa shape index (κ1) is 11.9. The van der Waals surface area contributed by atoms with Crippen LogP contribution in [0.2, 0.25) is 5.02 Å². The molecule has 0 saturated carbocycles. The number of aldehydes is 1. The molecule has 0 fully saturated rings. The molecule has 0 bridgehead atoms. The normalized spacial score (nSPS) is 10.8. The van der Waals surface area contributed by atoms with Gasteiger partial charge in [0.05, 0.1) is 0 Å². The van der Waals surface area contributed by atoms with Crippen LogP contribution in [0, 0.1) is 5.82 Å². The topological polar surface area (TPSA) is 30.2 Å².